The van der Waals surface area contributed by atoms with Crippen molar-refractivity contribution < 1.29 is 70.9 Å². The van der Waals surface area contributed by atoms with E-state index >= 15 is 17.6 Å². The molecule has 2 N–H and O–H groups in total. The number of esters is 1. The van der Waals surface area contributed by atoms with Crippen LogP contribution in [0.4, 0.5) is 17.6 Å². The standard InChI is InChI=1S/C24H29F2N3O3.C22H25F2N3O3.Li.H2O/c1-4-32-23(31)22-18-9-6-10-20(18)29(27-22)13-21(30)28-12-11-19(24(25,26)14-28)17-8-5-7-15(2)16(17)3;1-13-5-3-6-15(14(13)2)17-9-10-26(12-22(17,23)24)19(28)11-27-18-8-4-7-16(18)20(25-27)21(29)30;;/h5,7-8,19H,4,6,9-14H2,1-3H3;3,5-6,17H,4,7-12H2,1-2H3,(H,29,30);;1H2/q;;+1;/p-1. The number of aromatic nitrogens is 4. The summed E-state index contributed by atoms with van der Waals surface area (Å²) >= 11 is 0. The minimum atomic E-state index is -3.04. The van der Waals surface area contributed by atoms with Crippen LogP contribution in [-0.2, 0) is 53.1 Å². The summed E-state index contributed by atoms with van der Waals surface area (Å²) in [4.78, 5) is 51.8. The van der Waals surface area contributed by atoms with Crippen molar-refractivity contribution in [3.05, 3.63) is 104 Å². The molecule has 2 fully saturated rings. The number of hydrogen-bond acceptors (Lipinski definition) is 8. The van der Waals surface area contributed by atoms with Gasteiger partial charge in [0, 0.05) is 35.6 Å². The largest absolute Gasteiger partial charge is 1.00 e. The molecule has 0 saturated carbocycles. The Morgan fingerprint density at radius 2 is 1.12 bits per heavy atom. The van der Waals surface area contributed by atoms with Crippen LogP contribution in [0.5, 0.6) is 0 Å². The van der Waals surface area contributed by atoms with Crippen molar-refractivity contribution in [2.24, 2.45) is 0 Å². The number of aryl methyl sites for hydroxylation is 2. The summed E-state index contributed by atoms with van der Waals surface area (Å²) in [5.74, 6) is -10.4. The molecule has 2 amide bonds. The first kappa shape index (κ1) is 50.0. The Kier molecular flexibility index (Phi) is 15.7. The van der Waals surface area contributed by atoms with Crippen LogP contribution >= 0.6 is 0 Å². The second-order valence-corrected chi connectivity index (χ2v) is 17.0. The van der Waals surface area contributed by atoms with E-state index in [1.807, 2.05) is 45.9 Å². The number of amides is 2. The molecule has 64 heavy (non-hydrogen) atoms. The maximum atomic E-state index is 15.2. The topological polar surface area (TPSA) is 170 Å². The normalized spacial score (nSPS) is 19.3. The van der Waals surface area contributed by atoms with Crippen molar-refractivity contribution in [1.29, 1.82) is 0 Å². The van der Waals surface area contributed by atoms with Gasteiger partial charge in [0.25, 0.3) is 11.8 Å². The molecule has 4 aliphatic rings. The number of benzene rings is 2. The van der Waals surface area contributed by atoms with Crippen molar-refractivity contribution >= 4 is 23.8 Å². The zero-order chi connectivity index (χ0) is 44.7. The van der Waals surface area contributed by atoms with E-state index in [1.165, 1.54) is 19.2 Å². The molecular weight excluding hydrogens is 831 g/mol. The van der Waals surface area contributed by atoms with Gasteiger partial charge in [-0.15, -0.1) is 0 Å². The molecule has 2 saturated heterocycles. The predicted octanol–water partition coefficient (Wildman–Crippen LogP) is 3.98. The van der Waals surface area contributed by atoms with Gasteiger partial charge in [0.1, 0.15) is 13.1 Å². The zero-order valence-corrected chi connectivity index (χ0v) is 37.4. The number of aromatic carboxylic acids is 1. The molecule has 0 radical (unpaired) electrons. The fourth-order valence-corrected chi connectivity index (χ4v) is 9.65. The van der Waals surface area contributed by atoms with Gasteiger partial charge in [0.05, 0.1) is 31.5 Å². The van der Waals surface area contributed by atoms with E-state index in [-0.39, 0.29) is 81.4 Å². The molecule has 2 aliphatic heterocycles. The second kappa shape index (κ2) is 20.0. The SMILES string of the molecule is CCOC(=O)c1nn(CC(=O)N2CCC(c3cccc(C)c3C)C(F)(F)C2)c2c1CCC2.Cc1cccc(C2CCN(C(=O)Cn3nc(C(=O)O)c4c3CCC4)CC2(F)F)c1C.[Li+].[OH-]. The number of carbonyl (C=O) groups excluding carboxylic acids is 3. The number of rotatable bonds is 9. The number of hydrogen-bond donors (Lipinski definition) is 1. The third kappa shape index (κ3) is 9.96. The maximum absolute atomic E-state index is 15.2. The summed E-state index contributed by atoms with van der Waals surface area (Å²) in [5, 5.41) is 17.7. The van der Waals surface area contributed by atoms with Crippen LogP contribution in [0.1, 0.15) is 121 Å². The van der Waals surface area contributed by atoms with Gasteiger partial charge in [-0.1, -0.05) is 36.4 Å². The van der Waals surface area contributed by atoms with Crippen molar-refractivity contribution in [2.75, 3.05) is 32.8 Å². The van der Waals surface area contributed by atoms with E-state index in [9.17, 15) is 24.3 Å². The number of nitrogens with zero attached hydrogens (tertiary/aromatic N) is 6. The number of likely N-dealkylation sites (tertiary alicyclic amines) is 2. The molecule has 13 nitrogen and oxygen atoms in total. The van der Waals surface area contributed by atoms with Gasteiger partial charge >= 0.3 is 30.8 Å². The third-order valence-corrected chi connectivity index (χ3v) is 13.2. The molecule has 2 aliphatic carbocycles. The summed E-state index contributed by atoms with van der Waals surface area (Å²) in [6.07, 6.45) is 4.73. The Bertz CT molecular complexity index is 2400. The first-order valence-electron chi connectivity index (χ1n) is 21.4. The Hall–Kier alpha value is -4.98. The van der Waals surface area contributed by atoms with Crippen LogP contribution in [0, 0.1) is 27.7 Å². The van der Waals surface area contributed by atoms with Crippen LogP contribution in [0.25, 0.3) is 0 Å². The molecule has 4 aromatic rings. The Morgan fingerprint density at radius 1 is 0.703 bits per heavy atom. The summed E-state index contributed by atoms with van der Waals surface area (Å²) in [7, 11) is 0. The van der Waals surface area contributed by atoms with Gasteiger partial charge in [-0.05, 0) is 119 Å². The van der Waals surface area contributed by atoms with Crippen LogP contribution in [0.3, 0.4) is 0 Å². The van der Waals surface area contributed by atoms with Crippen molar-refractivity contribution in [2.45, 2.75) is 123 Å². The van der Waals surface area contributed by atoms with E-state index < -0.39 is 60.5 Å². The molecule has 0 spiro atoms. The van der Waals surface area contributed by atoms with Crippen molar-refractivity contribution in [3.8, 4) is 0 Å². The number of carboxylic acid groups (broad SMARTS) is 1. The van der Waals surface area contributed by atoms with Gasteiger partial charge < -0.3 is 25.1 Å². The minimum Gasteiger partial charge on any atom is -0.870 e. The van der Waals surface area contributed by atoms with Crippen LogP contribution in [0.15, 0.2) is 36.4 Å². The molecule has 2 unspecified atom stereocenters. The number of alkyl halides is 4. The third-order valence-electron chi connectivity index (χ3n) is 13.2. The summed E-state index contributed by atoms with van der Waals surface area (Å²) in [6, 6.07) is 10.9. The minimum absolute atomic E-state index is 0. The van der Waals surface area contributed by atoms with Crippen LogP contribution in [0.2, 0.25) is 0 Å². The predicted molar refractivity (Wildman–Crippen MR) is 223 cm³/mol. The second-order valence-electron chi connectivity index (χ2n) is 17.0. The van der Waals surface area contributed by atoms with Crippen LogP contribution in [-0.4, -0.2) is 108 Å². The van der Waals surface area contributed by atoms with E-state index in [0.717, 1.165) is 52.0 Å². The van der Waals surface area contributed by atoms with Gasteiger partial charge in [-0.25, -0.2) is 27.2 Å². The van der Waals surface area contributed by atoms with E-state index in [0.29, 0.717) is 42.4 Å². The first-order valence-corrected chi connectivity index (χ1v) is 21.4. The summed E-state index contributed by atoms with van der Waals surface area (Å²) in [5.41, 5.74) is 8.27. The molecule has 0 bridgehead atoms. The fraction of sp³-hybridized carbons (Fsp3) is 0.522. The Labute approximate surface area is 382 Å². The van der Waals surface area contributed by atoms with Gasteiger partial charge in [0.15, 0.2) is 11.4 Å². The fourth-order valence-electron chi connectivity index (χ4n) is 9.65. The summed E-state index contributed by atoms with van der Waals surface area (Å²) < 4.78 is 68.4. The first-order chi connectivity index (χ1) is 29.4. The molecule has 18 heteroatoms. The van der Waals surface area contributed by atoms with E-state index in [1.54, 1.807) is 25.1 Å². The van der Waals surface area contributed by atoms with E-state index in [4.69, 9.17) is 4.74 Å². The van der Waals surface area contributed by atoms with Crippen molar-refractivity contribution in [1.82, 2.24) is 29.4 Å². The number of fused-ring (bicyclic) bond motifs is 2. The molecule has 340 valence electrons. The Balaban J connectivity index is 0.000000234. The number of carbonyl (C=O) groups is 4. The number of piperidine rings is 2. The van der Waals surface area contributed by atoms with E-state index in [2.05, 4.69) is 10.2 Å². The zero-order valence-electron chi connectivity index (χ0n) is 37.4. The number of carboxylic acids is 1. The van der Waals surface area contributed by atoms with Gasteiger partial charge in [0.2, 0.25) is 11.8 Å². The molecule has 2 atom stereocenters. The number of ether oxygens (including phenoxy) is 1. The smallest absolute Gasteiger partial charge is 0.870 e. The average molecular weight is 887 g/mol. The van der Waals surface area contributed by atoms with Gasteiger partial charge in [-0.2, -0.15) is 10.2 Å². The quantitative estimate of drug-likeness (QED) is 0.149. The average Bonchev–Trinajstić information content (AvgIpc) is 4.02. The van der Waals surface area contributed by atoms with Crippen molar-refractivity contribution in [3.63, 3.8) is 0 Å². The molecule has 2 aromatic heterocycles. The molecule has 8 rings (SSSR count). The summed E-state index contributed by atoms with van der Waals surface area (Å²) in [6.45, 7) is 8.41. The Morgan fingerprint density at radius 3 is 1.53 bits per heavy atom. The molecule has 2 aromatic carbocycles. The maximum Gasteiger partial charge on any atom is 1.00 e. The molecule has 4 heterocycles. The number of halogens is 4. The monoisotopic (exact) mass is 886 g/mol. The van der Waals surface area contributed by atoms with Gasteiger partial charge in [-0.3, -0.25) is 19.0 Å². The van der Waals surface area contributed by atoms with Crippen LogP contribution < -0.4 is 18.9 Å². The molecular formula is C46H55F4LiN6O7.